The molecule has 1 heterocycles. The molecule has 3 nitrogen and oxygen atoms in total. The van der Waals surface area contributed by atoms with E-state index in [-0.39, 0.29) is 11.3 Å². The lowest BCUT2D eigenvalue weighted by Crippen LogP contribution is -2.01. The van der Waals surface area contributed by atoms with E-state index in [4.69, 9.17) is 5.11 Å². The molecule has 0 atom stereocenters. The van der Waals surface area contributed by atoms with E-state index in [0.29, 0.717) is 11.1 Å². The first-order valence-corrected chi connectivity index (χ1v) is 5.87. The Morgan fingerprint density at radius 2 is 1.89 bits per heavy atom. The molecule has 0 bridgehead atoms. The summed E-state index contributed by atoms with van der Waals surface area (Å²) in [5.74, 6) is -0.972. The van der Waals surface area contributed by atoms with Gasteiger partial charge in [0.2, 0.25) is 0 Å². The Hall–Kier alpha value is -1.95. The van der Waals surface area contributed by atoms with Gasteiger partial charge < -0.3 is 9.84 Å². The molecule has 1 aromatic carbocycles. The number of carboxylic acids is 1. The second-order valence-corrected chi connectivity index (χ2v) is 4.15. The van der Waals surface area contributed by atoms with Crippen LogP contribution in [0.15, 0.2) is 35.0 Å². The molecule has 1 aromatic heterocycles. The molecule has 1 N–H and O–H groups in total. The molecule has 0 unspecified atom stereocenters. The maximum Gasteiger partial charge on any atom is 0.387 e. The first-order chi connectivity index (χ1) is 8.58. The number of hydrogen-bond donors (Lipinski definition) is 1. The van der Waals surface area contributed by atoms with Gasteiger partial charge in [-0.05, 0) is 23.1 Å². The molecule has 0 radical (unpaired) electrons. The summed E-state index contributed by atoms with van der Waals surface area (Å²) in [5, 5.41) is 12.2. The zero-order valence-electron chi connectivity index (χ0n) is 8.97. The molecule has 0 amide bonds. The van der Waals surface area contributed by atoms with Crippen molar-refractivity contribution in [3.05, 3.63) is 40.6 Å². The van der Waals surface area contributed by atoms with Crippen LogP contribution in [0.1, 0.15) is 10.4 Å². The number of halogens is 2. The maximum atomic E-state index is 12.0. The minimum absolute atomic E-state index is 0.0425. The topological polar surface area (TPSA) is 46.5 Å². The van der Waals surface area contributed by atoms with Crippen LogP contribution in [0.3, 0.4) is 0 Å². The van der Waals surface area contributed by atoms with Gasteiger partial charge in [0.15, 0.2) is 0 Å². The van der Waals surface area contributed by atoms with Crippen molar-refractivity contribution in [1.29, 1.82) is 0 Å². The number of thiophene rings is 1. The van der Waals surface area contributed by atoms with Gasteiger partial charge in [0.25, 0.3) is 0 Å². The predicted molar refractivity (Wildman–Crippen MR) is 63.3 cm³/mol. The van der Waals surface area contributed by atoms with E-state index in [1.807, 2.05) is 0 Å². The summed E-state index contributed by atoms with van der Waals surface area (Å²) >= 11 is 1.27. The highest BCUT2D eigenvalue weighted by Crippen LogP contribution is 2.29. The molecule has 0 saturated heterocycles. The number of rotatable bonds is 4. The molecular weight excluding hydrogens is 262 g/mol. The summed E-state index contributed by atoms with van der Waals surface area (Å²) < 4.78 is 28.1. The van der Waals surface area contributed by atoms with Gasteiger partial charge in [0.05, 0.1) is 5.56 Å². The lowest BCUT2D eigenvalue weighted by atomic mass is 10.0. The van der Waals surface area contributed by atoms with Crippen molar-refractivity contribution in [2.75, 3.05) is 0 Å². The Labute approximate surface area is 105 Å². The Kier molecular flexibility index (Phi) is 3.57. The molecule has 0 spiro atoms. The molecule has 6 heteroatoms. The van der Waals surface area contributed by atoms with E-state index in [1.165, 1.54) is 28.8 Å². The number of hydrogen-bond acceptors (Lipinski definition) is 3. The number of alkyl halides is 2. The molecule has 0 aliphatic carbocycles. The fourth-order valence-electron chi connectivity index (χ4n) is 1.50. The van der Waals surface area contributed by atoms with E-state index in [9.17, 15) is 13.6 Å². The standard InChI is InChI=1S/C12H8F2O3S/c13-12(14)17-8-3-1-7(2-4-8)9-5-18-6-10(9)11(15)16/h1-6,12H,(H,15,16). The molecule has 2 aromatic rings. The average Bonchev–Trinajstić information content (AvgIpc) is 2.78. The van der Waals surface area contributed by atoms with Gasteiger partial charge in [-0.15, -0.1) is 0 Å². The van der Waals surface area contributed by atoms with Crippen molar-refractivity contribution >= 4 is 17.3 Å². The lowest BCUT2D eigenvalue weighted by Gasteiger charge is -2.05. The van der Waals surface area contributed by atoms with E-state index >= 15 is 0 Å². The summed E-state index contributed by atoms with van der Waals surface area (Å²) in [4.78, 5) is 11.0. The summed E-state index contributed by atoms with van der Waals surface area (Å²) in [7, 11) is 0. The summed E-state index contributed by atoms with van der Waals surface area (Å²) in [6, 6.07) is 5.86. The lowest BCUT2D eigenvalue weighted by molar-refractivity contribution is -0.0498. The SMILES string of the molecule is O=C(O)c1cscc1-c1ccc(OC(F)F)cc1. The molecule has 0 saturated carbocycles. The predicted octanol–water partition coefficient (Wildman–Crippen LogP) is 3.71. The zero-order chi connectivity index (χ0) is 13.1. The minimum Gasteiger partial charge on any atom is -0.478 e. The van der Waals surface area contributed by atoms with Crippen LogP contribution >= 0.6 is 11.3 Å². The van der Waals surface area contributed by atoms with Gasteiger partial charge in [-0.2, -0.15) is 20.1 Å². The second kappa shape index (κ2) is 5.14. The number of carbonyl (C=O) groups is 1. The van der Waals surface area contributed by atoms with Crippen LogP contribution in [0.2, 0.25) is 0 Å². The fraction of sp³-hybridized carbons (Fsp3) is 0.0833. The molecule has 0 fully saturated rings. The highest BCUT2D eigenvalue weighted by molar-refractivity contribution is 7.08. The monoisotopic (exact) mass is 270 g/mol. The van der Waals surface area contributed by atoms with E-state index < -0.39 is 12.6 Å². The van der Waals surface area contributed by atoms with Gasteiger partial charge >= 0.3 is 12.6 Å². The Bertz CT molecular complexity index is 549. The van der Waals surface area contributed by atoms with Crippen molar-refractivity contribution in [3.63, 3.8) is 0 Å². The van der Waals surface area contributed by atoms with Crippen LogP contribution in [0, 0.1) is 0 Å². The van der Waals surface area contributed by atoms with Gasteiger partial charge in [-0.3, -0.25) is 0 Å². The Balaban J connectivity index is 2.29. The van der Waals surface area contributed by atoms with Crippen LogP contribution in [0.5, 0.6) is 5.75 Å². The third-order valence-corrected chi connectivity index (χ3v) is 3.03. The van der Waals surface area contributed by atoms with Gasteiger partial charge in [-0.1, -0.05) is 12.1 Å². The summed E-state index contributed by atoms with van der Waals surface area (Å²) in [6.45, 7) is -2.87. The number of ether oxygens (including phenoxy) is 1. The third kappa shape index (κ3) is 2.65. The molecule has 0 aliphatic rings. The molecular formula is C12H8F2O3S. The highest BCUT2D eigenvalue weighted by Gasteiger charge is 2.13. The van der Waals surface area contributed by atoms with Crippen molar-refractivity contribution < 1.29 is 23.4 Å². The zero-order valence-corrected chi connectivity index (χ0v) is 9.79. The Morgan fingerprint density at radius 1 is 1.22 bits per heavy atom. The van der Waals surface area contributed by atoms with Gasteiger partial charge in [-0.25, -0.2) is 4.79 Å². The molecule has 18 heavy (non-hydrogen) atoms. The Morgan fingerprint density at radius 3 is 2.44 bits per heavy atom. The molecule has 2 rings (SSSR count). The second-order valence-electron chi connectivity index (χ2n) is 3.41. The average molecular weight is 270 g/mol. The maximum absolute atomic E-state index is 12.0. The minimum atomic E-state index is -2.87. The van der Waals surface area contributed by atoms with Crippen molar-refractivity contribution in [2.45, 2.75) is 6.61 Å². The van der Waals surface area contributed by atoms with Gasteiger partial charge in [0, 0.05) is 10.9 Å². The van der Waals surface area contributed by atoms with E-state index in [1.54, 1.807) is 17.5 Å². The van der Waals surface area contributed by atoms with Crippen LogP contribution in [-0.2, 0) is 0 Å². The first kappa shape index (κ1) is 12.5. The van der Waals surface area contributed by atoms with E-state index in [0.717, 1.165) is 0 Å². The van der Waals surface area contributed by atoms with Crippen molar-refractivity contribution in [1.82, 2.24) is 0 Å². The largest absolute Gasteiger partial charge is 0.478 e. The number of aromatic carboxylic acids is 1. The normalized spacial score (nSPS) is 10.6. The van der Waals surface area contributed by atoms with Crippen molar-refractivity contribution in [3.8, 4) is 16.9 Å². The van der Waals surface area contributed by atoms with E-state index in [2.05, 4.69) is 4.74 Å². The van der Waals surface area contributed by atoms with Gasteiger partial charge in [0.1, 0.15) is 5.75 Å². The quantitative estimate of drug-likeness (QED) is 0.921. The summed E-state index contributed by atoms with van der Waals surface area (Å²) in [5.41, 5.74) is 1.41. The van der Waals surface area contributed by atoms with Crippen LogP contribution in [0.25, 0.3) is 11.1 Å². The number of carboxylic acid groups (broad SMARTS) is 1. The third-order valence-electron chi connectivity index (χ3n) is 2.28. The van der Waals surface area contributed by atoms with Crippen molar-refractivity contribution in [2.24, 2.45) is 0 Å². The number of benzene rings is 1. The molecule has 0 aliphatic heterocycles. The highest BCUT2D eigenvalue weighted by atomic mass is 32.1. The summed E-state index contributed by atoms with van der Waals surface area (Å²) in [6.07, 6.45) is 0. The van der Waals surface area contributed by atoms with Crippen LogP contribution in [-0.4, -0.2) is 17.7 Å². The smallest absolute Gasteiger partial charge is 0.387 e. The fourth-order valence-corrected chi connectivity index (χ4v) is 2.33. The van der Waals surface area contributed by atoms with Crippen LogP contribution in [0.4, 0.5) is 8.78 Å². The first-order valence-electron chi connectivity index (χ1n) is 4.92. The van der Waals surface area contributed by atoms with Crippen LogP contribution < -0.4 is 4.74 Å². The molecule has 94 valence electrons.